The van der Waals surface area contributed by atoms with Crippen LogP contribution in [-0.2, 0) is 0 Å². The summed E-state index contributed by atoms with van der Waals surface area (Å²) in [6.45, 7) is 2.30. The van der Waals surface area contributed by atoms with Gasteiger partial charge in [-0.15, -0.1) is 0 Å². The number of carbonyl (C=O) groups is 1. The van der Waals surface area contributed by atoms with E-state index in [9.17, 15) is 4.79 Å². The molecule has 18 heavy (non-hydrogen) atoms. The highest BCUT2D eigenvalue weighted by Gasteiger charge is 2.16. The average Bonchev–Trinajstić information content (AvgIpc) is 2.31. The van der Waals surface area contributed by atoms with Crippen LogP contribution in [0.4, 0.5) is 0 Å². The Morgan fingerprint density at radius 3 is 2.83 bits per heavy atom. The van der Waals surface area contributed by atoms with Gasteiger partial charge >= 0.3 is 5.97 Å². The topological polar surface area (TPSA) is 58.6 Å². The quantitative estimate of drug-likeness (QED) is 0.727. The van der Waals surface area contributed by atoms with Crippen LogP contribution >= 0.6 is 0 Å². The zero-order chi connectivity index (χ0) is 12.8. The molecule has 0 atom stereocenters. The van der Waals surface area contributed by atoms with Crippen molar-refractivity contribution in [3.05, 3.63) is 29.8 Å². The molecule has 1 saturated carbocycles. The van der Waals surface area contributed by atoms with E-state index >= 15 is 0 Å². The van der Waals surface area contributed by atoms with Crippen LogP contribution in [0.15, 0.2) is 24.3 Å². The van der Waals surface area contributed by atoms with E-state index in [2.05, 4.69) is 5.32 Å². The van der Waals surface area contributed by atoms with Crippen molar-refractivity contribution in [3.63, 3.8) is 0 Å². The van der Waals surface area contributed by atoms with Gasteiger partial charge < -0.3 is 15.2 Å². The molecule has 1 aliphatic rings. The van der Waals surface area contributed by atoms with Crippen molar-refractivity contribution in [2.45, 2.75) is 19.3 Å². The molecule has 1 aromatic carbocycles. The number of rotatable bonds is 7. The molecule has 0 bridgehead atoms. The Labute approximate surface area is 107 Å². The molecule has 1 fully saturated rings. The van der Waals surface area contributed by atoms with Crippen molar-refractivity contribution < 1.29 is 14.6 Å². The predicted molar refractivity (Wildman–Crippen MR) is 69.1 cm³/mol. The number of carboxylic acid groups (broad SMARTS) is 1. The van der Waals surface area contributed by atoms with Crippen LogP contribution < -0.4 is 10.1 Å². The van der Waals surface area contributed by atoms with Crippen LogP contribution in [0.5, 0.6) is 5.75 Å². The van der Waals surface area contributed by atoms with Gasteiger partial charge in [-0.05, 0) is 37.4 Å². The Morgan fingerprint density at radius 1 is 1.39 bits per heavy atom. The summed E-state index contributed by atoms with van der Waals surface area (Å²) in [5, 5.41) is 12.3. The van der Waals surface area contributed by atoms with Crippen molar-refractivity contribution in [1.29, 1.82) is 0 Å². The second kappa shape index (κ2) is 6.40. The minimum atomic E-state index is -0.951. The summed E-state index contributed by atoms with van der Waals surface area (Å²) in [5.41, 5.74) is 0.219. The standard InChI is InChI=1S/C14H19NO3/c16-14(17)12-6-1-2-7-13(12)18-9-8-15-10-11-4-3-5-11/h1-2,6-7,11,15H,3-5,8-10H2,(H,16,17). The molecule has 2 N–H and O–H groups in total. The Balaban J connectivity index is 1.70. The number of aromatic carboxylic acids is 1. The second-order valence-corrected chi connectivity index (χ2v) is 4.65. The summed E-state index contributed by atoms with van der Waals surface area (Å²) < 4.78 is 5.49. The van der Waals surface area contributed by atoms with E-state index in [0.717, 1.165) is 19.0 Å². The van der Waals surface area contributed by atoms with Gasteiger partial charge in [0, 0.05) is 6.54 Å². The van der Waals surface area contributed by atoms with Crippen molar-refractivity contribution in [3.8, 4) is 5.75 Å². The van der Waals surface area contributed by atoms with Crippen molar-refractivity contribution in [2.75, 3.05) is 19.7 Å². The van der Waals surface area contributed by atoms with Crippen LogP contribution in [0.3, 0.4) is 0 Å². The summed E-state index contributed by atoms with van der Waals surface area (Å²) >= 11 is 0. The Morgan fingerprint density at radius 2 is 2.17 bits per heavy atom. The highest BCUT2D eigenvalue weighted by Crippen LogP contribution is 2.25. The fourth-order valence-corrected chi connectivity index (χ4v) is 2.01. The van der Waals surface area contributed by atoms with Crippen molar-refractivity contribution >= 4 is 5.97 Å². The van der Waals surface area contributed by atoms with Crippen molar-refractivity contribution in [1.82, 2.24) is 5.32 Å². The second-order valence-electron chi connectivity index (χ2n) is 4.65. The van der Waals surface area contributed by atoms with Crippen LogP contribution in [-0.4, -0.2) is 30.8 Å². The molecule has 4 heteroatoms. The molecule has 4 nitrogen and oxygen atoms in total. The van der Waals surface area contributed by atoms with E-state index in [-0.39, 0.29) is 5.56 Å². The first kappa shape index (κ1) is 12.9. The zero-order valence-corrected chi connectivity index (χ0v) is 10.4. The first-order valence-corrected chi connectivity index (χ1v) is 6.43. The minimum Gasteiger partial charge on any atom is -0.491 e. The van der Waals surface area contributed by atoms with E-state index in [1.54, 1.807) is 24.3 Å². The molecule has 0 aromatic heterocycles. The molecule has 0 amide bonds. The molecule has 98 valence electrons. The lowest BCUT2D eigenvalue weighted by Crippen LogP contribution is -2.30. The van der Waals surface area contributed by atoms with Gasteiger partial charge in [0.1, 0.15) is 17.9 Å². The number of hydrogen-bond donors (Lipinski definition) is 2. The third-order valence-electron chi connectivity index (χ3n) is 3.31. The van der Waals surface area contributed by atoms with E-state index in [0.29, 0.717) is 12.4 Å². The third-order valence-corrected chi connectivity index (χ3v) is 3.31. The van der Waals surface area contributed by atoms with Gasteiger partial charge in [-0.3, -0.25) is 0 Å². The molecular weight excluding hydrogens is 230 g/mol. The molecule has 0 radical (unpaired) electrons. The van der Waals surface area contributed by atoms with Gasteiger partial charge in [0.05, 0.1) is 0 Å². The largest absolute Gasteiger partial charge is 0.491 e. The van der Waals surface area contributed by atoms with Crippen LogP contribution in [0, 0.1) is 5.92 Å². The van der Waals surface area contributed by atoms with Crippen LogP contribution in [0.1, 0.15) is 29.6 Å². The van der Waals surface area contributed by atoms with Crippen molar-refractivity contribution in [2.24, 2.45) is 5.92 Å². The predicted octanol–water partition coefficient (Wildman–Crippen LogP) is 2.15. The minimum absolute atomic E-state index is 0.219. The number of hydrogen-bond acceptors (Lipinski definition) is 3. The first-order chi connectivity index (χ1) is 8.77. The third kappa shape index (κ3) is 3.47. The van der Waals surface area contributed by atoms with Gasteiger partial charge in [0.15, 0.2) is 0 Å². The number of benzene rings is 1. The summed E-state index contributed by atoms with van der Waals surface area (Å²) in [6.07, 6.45) is 4.01. The highest BCUT2D eigenvalue weighted by atomic mass is 16.5. The molecule has 0 saturated heterocycles. The normalized spacial score (nSPS) is 15.1. The molecule has 0 heterocycles. The smallest absolute Gasteiger partial charge is 0.339 e. The lowest BCUT2D eigenvalue weighted by molar-refractivity contribution is 0.0692. The number of carboxylic acids is 1. The van der Waals surface area contributed by atoms with E-state index in [4.69, 9.17) is 9.84 Å². The summed E-state index contributed by atoms with van der Waals surface area (Å²) in [7, 11) is 0. The number of nitrogens with one attached hydrogen (secondary N) is 1. The molecular formula is C14H19NO3. The number of ether oxygens (including phenoxy) is 1. The molecule has 2 rings (SSSR count). The van der Waals surface area contributed by atoms with Gasteiger partial charge in [-0.1, -0.05) is 18.6 Å². The van der Waals surface area contributed by atoms with E-state index in [1.807, 2.05) is 0 Å². The van der Waals surface area contributed by atoms with Crippen LogP contribution in [0.2, 0.25) is 0 Å². The summed E-state index contributed by atoms with van der Waals surface area (Å²) in [6, 6.07) is 6.73. The maximum atomic E-state index is 11.0. The molecule has 0 spiro atoms. The van der Waals surface area contributed by atoms with Gasteiger partial charge in [0.2, 0.25) is 0 Å². The lowest BCUT2D eigenvalue weighted by atomic mass is 9.85. The summed E-state index contributed by atoms with van der Waals surface area (Å²) in [4.78, 5) is 11.0. The SMILES string of the molecule is O=C(O)c1ccccc1OCCNCC1CCC1. The Hall–Kier alpha value is -1.55. The van der Waals surface area contributed by atoms with Gasteiger partial charge in [0.25, 0.3) is 0 Å². The monoisotopic (exact) mass is 249 g/mol. The van der Waals surface area contributed by atoms with Gasteiger partial charge in [-0.25, -0.2) is 4.79 Å². The molecule has 1 aliphatic carbocycles. The van der Waals surface area contributed by atoms with E-state index < -0.39 is 5.97 Å². The molecule has 0 aliphatic heterocycles. The highest BCUT2D eigenvalue weighted by molar-refractivity contribution is 5.90. The average molecular weight is 249 g/mol. The van der Waals surface area contributed by atoms with Gasteiger partial charge in [-0.2, -0.15) is 0 Å². The van der Waals surface area contributed by atoms with E-state index in [1.165, 1.54) is 19.3 Å². The molecule has 0 unspecified atom stereocenters. The maximum absolute atomic E-state index is 11.0. The fourth-order valence-electron chi connectivity index (χ4n) is 2.01. The maximum Gasteiger partial charge on any atom is 0.339 e. The lowest BCUT2D eigenvalue weighted by Gasteiger charge is -2.25. The Kier molecular flexibility index (Phi) is 4.59. The van der Waals surface area contributed by atoms with Crippen LogP contribution in [0.25, 0.3) is 0 Å². The zero-order valence-electron chi connectivity index (χ0n) is 10.4. The first-order valence-electron chi connectivity index (χ1n) is 6.43. The summed E-state index contributed by atoms with van der Waals surface area (Å²) in [5.74, 6) is 0.319. The molecule has 1 aromatic rings. The Bertz CT molecular complexity index is 402. The number of para-hydroxylation sites is 1. The fraction of sp³-hybridized carbons (Fsp3) is 0.500.